The van der Waals surface area contributed by atoms with Crippen LogP contribution in [-0.4, -0.2) is 53.9 Å². The van der Waals surface area contributed by atoms with Crippen LogP contribution in [0.3, 0.4) is 0 Å². The number of nitrogens with zero attached hydrogens (tertiary/aromatic N) is 1. The molecule has 0 aliphatic carbocycles. The van der Waals surface area contributed by atoms with E-state index in [0.717, 1.165) is 7.11 Å². The molecular weight excluding hydrogens is 426 g/mol. The van der Waals surface area contributed by atoms with Gasteiger partial charge in [0.1, 0.15) is 18.2 Å². The summed E-state index contributed by atoms with van der Waals surface area (Å²) in [6.45, 7) is -0.351. The topological polar surface area (TPSA) is 108 Å². The fraction of sp³-hybridized carbons (Fsp3) is 0.238. The minimum atomic E-state index is -3.95. The van der Waals surface area contributed by atoms with Crippen molar-refractivity contribution < 1.29 is 37.0 Å². The van der Waals surface area contributed by atoms with Gasteiger partial charge in [-0.2, -0.15) is 0 Å². The molecule has 0 atom stereocenters. The highest BCUT2D eigenvalue weighted by Gasteiger charge is 2.35. The minimum Gasteiger partial charge on any atom is -0.477 e. The Balaban J connectivity index is 2.03. The van der Waals surface area contributed by atoms with E-state index in [0.29, 0.717) is 5.75 Å². The molecule has 1 heterocycles. The Kier molecular flexibility index (Phi) is 6.93. The molecule has 2 aromatic carbocycles. The van der Waals surface area contributed by atoms with Crippen molar-refractivity contribution >= 4 is 27.5 Å². The first kappa shape index (κ1) is 22.3. The Bertz CT molecular complexity index is 1100. The highest BCUT2D eigenvalue weighted by molar-refractivity contribution is 7.91. The molecule has 31 heavy (non-hydrogen) atoms. The summed E-state index contributed by atoms with van der Waals surface area (Å²) in [6.07, 6.45) is 0. The Hall–Kier alpha value is -3.37. The molecule has 0 spiro atoms. The van der Waals surface area contributed by atoms with E-state index in [2.05, 4.69) is 0 Å². The van der Waals surface area contributed by atoms with Crippen molar-refractivity contribution in [2.45, 2.75) is 4.90 Å². The predicted molar refractivity (Wildman–Crippen MR) is 110 cm³/mol. The van der Waals surface area contributed by atoms with Gasteiger partial charge in [-0.3, -0.25) is 0 Å². The highest BCUT2D eigenvalue weighted by Crippen LogP contribution is 2.32. The van der Waals surface area contributed by atoms with Crippen molar-refractivity contribution in [3.8, 4) is 5.75 Å². The molecule has 0 saturated heterocycles. The molecule has 0 aromatic heterocycles. The summed E-state index contributed by atoms with van der Waals surface area (Å²) in [4.78, 5) is 25.9. The lowest BCUT2D eigenvalue weighted by Crippen LogP contribution is -2.39. The molecule has 0 N–H and O–H groups in total. The SMILES string of the molecule is COC(=O)C1=C(C(=O)OC)N(c2ccccc2S(=O)(=O)COc2ccccc2)COC1. The van der Waals surface area contributed by atoms with Gasteiger partial charge in [0.2, 0.25) is 9.84 Å². The first-order valence-corrected chi connectivity index (χ1v) is 10.8. The Morgan fingerprint density at radius 2 is 1.61 bits per heavy atom. The smallest absolute Gasteiger partial charge is 0.355 e. The van der Waals surface area contributed by atoms with Crippen LogP contribution >= 0.6 is 0 Å². The maximum absolute atomic E-state index is 13.1. The molecule has 164 valence electrons. The lowest BCUT2D eigenvalue weighted by atomic mass is 10.1. The van der Waals surface area contributed by atoms with E-state index in [1.165, 1.54) is 24.1 Å². The van der Waals surface area contributed by atoms with Gasteiger partial charge in [-0.05, 0) is 24.3 Å². The Morgan fingerprint density at radius 1 is 0.968 bits per heavy atom. The van der Waals surface area contributed by atoms with E-state index >= 15 is 0 Å². The number of benzene rings is 2. The van der Waals surface area contributed by atoms with E-state index < -0.39 is 27.7 Å². The van der Waals surface area contributed by atoms with Crippen molar-refractivity contribution in [1.29, 1.82) is 0 Å². The van der Waals surface area contributed by atoms with Crippen molar-refractivity contribution in [2.24, 2.45) is 0 Å². The summed E-state index contributed by atoms with van der Waals surface area (Å²) >= 11 is 0. The van der Waals surface area contributed by atoms with E-state index in [1.54, 1.807) is 42.5 Å². The molecule has 3 rings (SSSR count). The quantitative estimate of drug-likeness (QED) is 0.588. The number of methoxy groups -OCH3 is 2. The number of hydrogen-bond donors (Lipinski definition) is 0. The monoisotopic (exact) mass is 447 g/mol. The summed E-state index contributed by atoms with van der Waals surface area (Å²) in [5.74, 6) is -1.83. The molecule has 0 radical (unpaired) electrons. The third-order valence-electron chi connectivity index (χ3n) is 4.45. The standard InChI is InChI=1S/C21H21NO8S/c1-27-20(23)16-12-29-13-22(19(16)21(24)28-2)17-10-6-7-11-18(17)31(25,26)14-30-15-8-4-3-5-9-15/h3-11H,12-14H2,1-2H3. The molecule has 1 aliphatic heterocycles. The molecule has 0 saturated carbocycles. The molecule has 1 aliphatic rings. The maximum atomic E-state index is 13.1. The van der Waals surface area contributed by atoms with Gasteiger partial charge in [-0.15, -0.1) is 0 Å². The van der Waals surface area contributed by atoms with Crippen molar-refractivity contribution in [1.82, 2.24) is 0 Å². The zero-order chi connectivity index (χ0) is 22.4. The number of anilines is 1. The van der Waals surface area contributed by atoms with Crippen LogP contribution in [0.25, 0.3) is 0 Å². The number of rotatable bonds is 7. The molecule has 10 heteroatoms. The van der Waals surface area contributed by atoms with Gasteiger partial charge in [0.25, 0.3) is 0 Å². The molecule has 9 nitrogen and oxygen atoms in total. The van der Waals surface area contributed by atoms with Gasteiger partial charge in [0.15, 0.2) is 5.94 Å². The van der Waals surface area contributed by atoms with Gasteiger partial charge in [0, 0.05) is 0 Å². The van der Waals surface area contributed by atoms with E-state index in [-0.39, 0.29) is 35.2 Å². The second-order valence-corrected chi connectivity index (χ2v) is 8.28. The van der Waals surface area contributed by atoms with Crippen molar-refractivity contribution in [3.63, 3.8) is 0 Å². The summed E-state index contributed by atoms with van der Waals surface area (Å²) in [5.41, 5.74) is -0.0822. The number of hydrogen-bond acceptors (Lipinski definition) is 9. The second kappa shape index (κ2) is 9.63. The fourth-order valence-corrected chi connectivity index (χ4v) is 4.20. The Morgan fingerprint density at radius 3 is 2.29 bits per heavy atom. The zero-order valence-corrected chi connectivity index (χ0v) is 17.8. The number of carbonyl (C=O) groups excluding carboxylic acids is 2. The molecule has 0 amide bonds. The maximum Gasteiger partial charge on any atom is 0.355 e. The lowest BCUT2D eigenvalue weighted by Gasteiger charge is -2.32. The minimum absolute atomic E-state index is 0.0756. The van der Waals surface area contributed by atoms with Crippen LogP contribution in [0.5, 0.6) is 5.75 Å². The summed E-state index contributed by atoms with van der Waals surface area (Å²) in [5, 5.41) is 0. The van der Waals surface area contributed by atoms with E-state index in [1.807, 2.05) is 0 Å². The van der Waals surface area contributed by atoms with Gasteiger partial charge in [-0.25, -0.2) is 18.0 Å². The summed E-state index contributed by atoms with van der Waals surface area (Å²) in [6, 6.07) is 14.6. The van der Waals surface area contributed by atoms with E-state index in [9.17, 15) is 18.0 Å². The average molecular weight is 447 g/mol. The average Bonchev–Trinajstić information content (AvgIpc) is 2.82. The molecular formula is C21H21NO8S. The molecule has 0 fully saturated rings. The first-order chi connectivity index (χ1) is 14.9. The number of esters is 2. The molecule has 2 aromatic rings. The predicted octanol–water partition coefficient (Wildman–Crippen LogP) is 1.89. The Labute approximate surface area is 179 Å². The largest absolute Gasteiger partial charge is 0.477 e. The van der Waals surface area contributed by atoms with Crippen LogP contribution in [0.15, 0.2) is 70.8 Å². The van der Waals surface area contributed by atoms with Crippen LogP contribution in [0.2, 0.25) is 0 Å². The zero-order valence-electron chi connectivity index (χ0n) is 16.9. The number of carbonyl (C=O) groups is 2. The summed E-state index contributed by atoms with van der Waals surface area (Å²) < 4.78 is 46.5. The normalized spacial score (nSPS) is 14.2. The number of ether oxygens (including phenoxy) is 4. The molecule has 0 bridgehead atoms. The van der Waals surface area contributed by atoms with Crippen LogP contribution in [0, 0.1) is 0 Å². The van der Waals surface area contributed by atoms with Crippen LogP contribution in [-0.2, 0) is 33.6 Å². The van der Waals surface area contributed by atoms with Gasteiger partial charge in [0.05, 0.1) is 37.0 Å². The third kappa shape index (κ3) is 4.86. The highest BCUT2D eigenvalue weighted by atomic mass is 32.2. The van der Waals surface area contributed by atoms with Gasteiger partial charge in [-0.1, -0.05) is 30.3 Å². The van der Waals surface area contributed by atoms with Gasteiger partial charge >= 0.3 is 11.9 Å². The van der Waals surface area contributed by atoms with Crippen LogP contribution in [0.1, 0.15) is 0 Å². The van der Waals surface area contributed by atoms with Crippen molar-refractivity contribution in [2.75, 3.05) is 38.4 Å². The van der Waals surface area contributed by atoms with Crippen LogP contribution < -0.4 is 9.64 Å². The van der Waals surface area contributed by atoms with E-state index in [4.69, 9.17) is 18.9 Å². The summed E-state index contributed by atoms with van der Waals surface area (Å²) in [7, 11) is -1.62. The third-order valence-corrected chi connectivity index (χ3v) is 5.89. The second-order valence-electron chi connectivity index (χ2n) is 6.37. The number of sulfone groups is 1. The first-order valence-electron chi connectivity index (χ1n) is 9.13. The fourth-order valence-electron chi connectivity index (χ4n) is 3.00. The number of para-hydroxylation sites is 2. The molecule has 0 unspecified atom stereocenters. The van der Waals surface area contributed by atoms with Crippen molar-refractivity contribution in [3.05, 3.63) is 65.9 Å². The van der Waals surface area contributed by atoms with Crippen LogP contribution in [0.4, 0.5) is 5.69 Å². The lowest BCUT2D eigenvalue weighted by molar-refractivity contribution is -0.140. The van der Waals surface area contributed by atoms with Gasteiger partial charge < -0.3 is 23.8 Å².